The maximum atomic E-state index is 12.6. The van der Waals surface area contributed by atoms with Gasteiger partial charge in [-0.15, -0.1) is 0 Å². The normalized spacial score (nSPS) is 19.0. The minimum atomic E-state index is 0.00354. The van der Waals surface area contributed by atoms with Gasteiger partial charge in [-0.3, -0.25) is 19.4 Å². The minimum Gasteiger partial charge on any atom is -0.298 e. The second-order valence-corrected chi connectivity index (χ2v) is 6.26. The van der Waals surface area contributed by atoms with Crippen molar-refractivity contribution in [1.82, 2.24) is 29.6 Å². The molecule has 1 aliphatic heterocycles. The van der Waals surface area contributed by atoms with Crippen molar-refractivity contribution in [2.24, 2.45) is 7.05 Å². The van der Waals surface area contributed by atoms with Crippen molar-refractivity contribution >= 4 is 10.9 Å². The molecule has 0 bridgehead atoms. The molecule has 1 N–H and O–H groups in total. The van der Waals surface area contributed by atoms with Crippen LogP contribution >= 0.6 is 0 Å². The molecule has 7 heteroatoms. The number of para-hydroxylation sites is 1. The molecule has 0 amide bonds. The number of fused-ring (bicyclic) bond motifs is 1. The highest BCUT2D eigenvalue weighted by atomic mass is 16.1. The monoisotopic (exact) mass is 324 g/mol. The van der Waals surface area contributed by atoms with Gasteiger partial charge in [-0.1, -0.05) is 18.6 Å². The van der Waals surface area contributed by atoms with Crippen LogP contribution in [-0.4, -0.2) is 36.2 Å². The van der Waals surface area contributed by atoms with Crippen LogP contribution in [0.5, 0.6) is 0 Å². The van der Waals surface area contributed by atoms with E-state index < -0.39 is 0 Å². The van der Waals surface area contributed by atoms with Crippen molar-refractivity contribution < 1.29 is 0 Å². The van der Waals surface area contributed by atoms with Gasteiger partial charge < -0.3 is 0 Å². The lowest BCUT2D eigenvalue weighted by atomic mass is 10.0. The van der Waals surface area contributed by atoms with E-state index in [9.17, 15) is 4.79 Å². The maximum Gasteiger partial charge on any atom is 0.261 e. The molecule has 4 rings (SSSR count). The Kier molecular flexibility index (Phi) is 3.86. The second-order valence-electron chi connectivity index (χ2n) is 6.26. The van der Waals surface area contributed by atoms with Gasteiger partial charge in [0.05, 0.1) is 23.5 Å². The van der Waals surface area contributed by atoms with E-state index in [0.717, 1.165) is 36.6 Å². The molecule has 0 spiro atoms. The molecule has 0 radical (unpaired) electrons. The van der Waals surface area contributed by atoms with Crippen LogP contribution in [0.25, 0.3) is 10.9 Å². The fourth-order valence-corrected chi connectivity index (χ4v) is 3.45. The van der Waals surface area contributed by atoms with Gasteiger partial charge in [0.2, 0.25) is 0 Å². The molecule has 24 heavy (non-hydrogen) atoms. The van der Waals surface area contributed by atoms with Gasteiger partial charge in [-0.25, -0.2) is 9.97 Å². The summed E-state index contributed by atoms with van der Waals surface area (Å²) >= 11 is 0. The molecule has 0 saturated carbocycles. The average molecular weight is 324 g/mol. The van der Waals surface area contributed by atoms with Gasteiger partial charge in [0.1, 0.15) is 18.0 Å². The zero-order valence-corrected chi connectivity index (χ0v) is 13.6. The average Bonchev–Trinajstić information content (AvgIpc) is 3.14. The van der Waals surface area contributed by atoms with Gasteiger partial charge in [0.15, 0.2) is 0 Å². The Balaban J connectivity index is 1.70. The first-order valence-corrected chi connectivity index (χ1v) is 8.28. The van der Waals surface area contributed by atoms with E-state index in [-0.39, 0.29) is 11.6 Å². The van der Waals surface area contributed by atoms with Gasteiger partial charge in [0.25, 0.3) is 5.56 Å². The number of piperidine rings is 1. The van der Waals surface area contributed by atoms with Gasteiger partial charge in [-0.2, -0.15) is 5.10 Å². The molecule has 1 atom stereocenters. The number of likely N-dealkylation sites (tertiary alicyclic amines) is 1. The summed E-state index contributed by atoms with van der Waals surface area (Å²) in [7, 11) is 1.80. The molecule has 3 heterocycles. The molecule has 2 aromatic heterocycles. The molecule has 0 aliphatic carbocycles. The first-order chi connectivity index (χ1) is 11.7. The van der Waals surface area contributed by atoms with Crippen molar-refractivity contribution in [3.63, 3.8) is 0 Å². The summed E-state index contributed by atoms with van der Waals surface area (Å²) in [6.07, 6.45) is 4.90. The van der Waals surface area contributed by atoms with Crippen LogP contribution in [0.4, 0.5) is 0 Å². The Labute approximate surface area is 139 Å². The molecule has 1 fully saturated rings. The van der Waals surface area contributed by atoms with Crippen LogP contribution in [0.15, 0.2) is 35.4 Å². The number of aromatic nitrogens is 5. The summed E-state index contributed by atoms with van der Waals surface area (Å²) in [4.78, 5) is 24.0. The van der Waals surface area contributed by atoms with Gasteiger partial charge in [-0.05, 0) is 31.5 Å². The van der Waals surface area contributed by atoms with E-state index in [1.165, 1.54) is 6.42 Å². The third-order valence-corrected chi connectivity index (χ3v) is 4.78. The van der Waals surface area contributed by atoms with Crippen LogP contribution in [0.2, 0.25) is 0 Å². The quantitative estimate of drug-likeness (QED) is 0.794. The molecule has 0 unspecified atom stereocenters. The Morgan fingerprint density at radius 2 is 2.17 bits per heavy atom. The van der Waals surface area contributed by atoms with Crippen molar-refractivity contribution in [3.8, 4) is 0 Å². The Morgan fingerprint density at radius 1 is 1.29 bits per heavy atom. The molecular formula is C17H20N6O. The summed E-state index contributed by atoms with van der Waals surface area (Å²) in [6, 6.07) is 7.70. The molecule has 1 saturated heterocycles. The fourth-order valence-electron chi connectivity index (χ4n) is 3.45. The zero-order chi connectivity index (χ0) is 16.5. The molecular weight excluding hydrogens is 304 g/mol. The van der Waals surface area contributed by atoms with E-state index in [1.807, 2.05) is 24.3 Å². The number of hydrogen-bond donors (Lipinski definition) is 1. The first-order valence-electron chi connectivity index (χ1n) is 8.28. The van der Waals surface area contributed by atoms with Crippen LogP contribution in [0.1, 0.15) is 37.0 Å². The molecule has 7 nitrogen and oxygen atoms in total. The van der Waals surface area contributed by atoms with Crippen LogP contribution in [-0.2, 0) is 13.6 Å². The highest BCUT2D eigenvalue weighted by Gasteiger charge is 2.27. The lowest BCUT2D eigenvalue weighted by molar-refractivity contribution is 0.129. The molecule has 124 valence electrons. The van der Waals surface area contributed by atoms with E-state index in [0.29, 0.717) is 11.9 Å². The van der Waals surface area contributed by atoms with Crippen molar-refractivity contribution in [1.29, 1.82) is 0 Å². The number of nitrogens with one attached hydrogen (secondary N) is 1. The number of hydrogen-bond acceptors (Lipinski definition) is 5. The first kappa shape index (κ1) is 15.0. The van der Waals surface area contributed by atoms with Crippen LogP contribution in [0.3, 0.4) is 0 Å². The smallest absolute Gasteiger partial charge is 0.261 e. The molecule has 1 aliphatic rings. The summed E-state index contributed by atoms with van der Waals surface area (Å²) in [5.41, 5.74) is 0.757. The van der Waals surface area contributed by atoms with E-state index >= 15 is 0 Å². The van der Waals surface area contributed by atoms with Gasteiger partial charge in [0, 0.05) is 7.05 Å². The lowest BCUT2D eigenvalue weighted by Crippen LogP contribution is -2.36. The number of H-pyrrole nitrogens is 1. The number of nitrogens with zero attached hydrogens (tertiary/aromatic N) is 5. The number of rotatable bonds is 3. The minimum absolute atomic E-state index is 0.00354. The van der Waals surface area contributed by atoms with E-state index in [4.69, 9.17) is 4.98 Å². The molecule has 1 aromatic carbocycles. The fraction of sp³-hybridized carbons (Fsp3) is 0.412. The topological polar surface area (TPSA) is 79.7 Å². The maximum absolute atomic E-state index is 12.6. The van der Waals surface area contributed by atoms with Crippen molar-refractivity contribution in [3.05, 3.63) is 52.6 Å². The summed E-state index contributed by atoms with van der Waals surface area (Å²) in [5.74, 6) is 1.67. The van der Waals surface area contributed by atoms with Crippen molar-refractivity contribution in [2.75, 3.05) is 6.54 Å². The highest BCUT2D eigenvalue weighted by Crippen LogP contribution is 2.29. The Hall–Kier alpha value is -2.54. The van der Waals surface area contributed by atoms with Crippen LogP contribution in [0, 0.1) is 0 Å². The third kappa shape index (κ3) is 2.60. The third-order valence-electron chi connectivity index (χ3n) is 4.78. The van der Waals surface area contributed by atoms with Crippen LogP contribution < -0.4 is 5.56 Å². The standard InChI is InChI=1S/C17H20N6O/c1-22-15(20-13-7-3-2-6-12(13)17(22)24)10-23-9-5-4-8-14(23)16-18-11-19-21-16/h2-3,6-7,11,14H,4-5,8-10H2,1H3,(H,18,19,21)/t14-/m1/s1. The van der Waals surface area contributed by atoms with Crippen molar-refractivity contribution in [2.45, 2.75) is 31.8 Å². The number of benzene rings is 1. The van der Waals surface area contributed by atoms with Gasteiger partial charge >= 0.3 is 0 Å². The Morgan fingerprint density at radius 3 is 3.00 bits per heavy atom. The Bertz CT molecular complexity index is 901. The summed E-state index contributed by atoms with van der Waals surface area (Å²) in [6.45, 7) is 1.59. The zero-order valence-electron chi connectivity index (χ0n) is 13.6. The summed E-state index contributed by atoms with van der Waals surface area (Å²) < 4.78 is 1.66. The molecule has 3 aromatic rings. The SMILES string of the molecule is Cn1c(CN2CCCC[C@@H]2c2ncn[nH]2)nc2ccccc2c1=O. The number of aromatic amines is 1. The van der Waals surface area contributed by atoms with E-state index in [1.54, 1.807) is 17.9 Å². The second kappa shape index (κ2) is 6.16. The predicted octanol–water partition coefficient (Wildman–Crippen LogP) is 1.78. The lowest BCUT2D eigenvalue weighted by Gasteiger charge is -2.34. The largest absolute Gasteiger partial charge is 0.298 e. The predicted molar refractivity (Wildman–Crippen MR) is 90.4 cm³/mol. The highest BCUT2D eigenvalue weighted by molar-refractivity contribution is 5.77. The van der Waals surface area contributed by atoms with E-state index in [2.05, 4.69) is 20.1 Å². The summed E-state index contributed by atoms with van der Waals surface area (Å²) in [5, 5.41) is 7.63.